The van der Waals surface area contributed by atoms with Gasteiger partial charge in [-0.25, -0.2) is 4.98 Å². The molecular formula is C18H16N2O2S. The summed E-state index contributed by atoms with van der Waals surface area (Å²) >= 11 is 1.47. The van der Waals surface area contributed by atoms with E-state index in [1.54, 1.807) is 13.2 Å². The maximum Gasteiger partial charge on any atom is 0.250 e. The van der Waals surface area contributed by atoms with Gasteiger partial charge in [0.1, 0.15) is 5.75 Å². The molecular weight excluding hydrogens is 308 g/mol. The molecule has 1 aromatic heterocycles. The summed E-state index contributed by atoms with van der Waals surface area (Å²) < 4.78 is 6.32. The largest absolute Gasteiger partial charge is 0.496 e. The van der Waals surface area contributed by atoms with E-state index in [1.807, 2.05) is 49.4 Å². The number of fused-ring (bicyclic) bond motifs is 1. The zero-order valence-electron chi connectivity index (χ0n) is 12.9. The fraction of sp³-hybridized carbons (Fsp3) is 0.111. The van der Waals surface area contributed by atoms with Gasteiger partial charge in [0, 0.05) is 11.6 Å². The van der Waals surface area contributed by atoms with Crippen molar-refractivity contribution >= 4 is 38.7 Å². The number of rotatable bonds is 4. The normalized spacial score (nSPS) is 11.0. The third-order valence-corrected chi connectivity index (χ3v) is 4.34. The molecule has 23 heavy (non-hydrogen) atoms. The summed E-state index contributed by atoms with van der Waals surface area (Å²) in [7, 11) is 1.61. The zero-order valence-corrected chi connectivity index (χ0v) is 13.7. The highest BCUT2D eigenvalue weighted by Gasteiger charge is 2.07. The van der Waals surface area contributed by atoms with Crippen molar-refractivity contribution in [1.82, 2.24) is 4.98 Å². The molecule has 0 aliphatic carbocycles. The van der Waals surface area contributed by atoms with Gasteiger partial charge in [-0.15, -0.1) is 0 Å². The van der Waals surface area contributed by atoms with Crippen molar-refractivity contribution < 1.29 is 9.53 Å². The second kappa shape index (κ2) is 6.62. The molecule has 0 radical (unpaired) electrons. The van der Waals surface area contributed by atoms with Gasteiger partial charge < -0.3 is 4.74 Å². The summed E-state index contributed by atoms with van der Waals surface area (Å²) in [4.78, 5) is 16.5. The van der Waals surface area contributed by atoms with E-state index in [1.165, 1.54) is 17.4 Å². The molecule has 1 amide bonds. The number of amides is 1. The standard InChI is InChI=1S/C18H16N2O2S/c1-12-6-5-9-15-17(12)20-18(23-15)19-16(21)11-10-13-7-3-4-8-14(13)22-2/h3-11H,1-2H3,(H,19,20,21). The van der Waals surface area contributed by atoms with Gasteiger partial charge in [-0.3, -0.25) is 10.1 Å². The number of methoxy groups -OCH3 is 1. The van der Waals surface area contributed by atoms with E-state index in [9.17, 15) is 4.79 Å². The first-order valence-corrected chi connectivity index (χ1v) is 7.97. The Morgan fingerprint density at radius 2 is 2.04 bits per heavy atom. The number of para-hydroxylation sites is 2. The van der Waals surface area contributed by atoms with Crippen LogP contribution in [0.25, 0.3) is 16.3 Å². The summed E-state index contributed by atoms with van der Waals surface area (Å²) in [5.41, 5.74) is 2.88. The van der Waals surface area contributed by atoms with Crippen molar-refractivity contribution in [2.24, 2.45) is 0 Å². The van der Waals surface area contributed by atoms with Crippen LogP contribution in [0.15, 0.2) is 48.5 Å². The van der Waals surface area contributed by atoms with Gasteiger partial charge >= 0.3 is 0 Å². The molecule has 0 atom stereocenters. The van der Waals surface area contributed by atoms with Crippen molar-refractivity contribution in [2.45, 2.75) is 6.92 Å². The number of ether oxygens (including phenoxy) is 1. The highest BCUT2D eigenvalue weighted by molar-refractivity contribution is 7.22. The number of nitrogens with one attached hydrogen (secondary N) is 1. The Balaban J connectivity index is 1.75. The smallest absolute Gasteiger partial charge is 0.250 e. The van der Waals surface area contributed by atoms with Gasteiger partial charge in [-0.05, 0) is 30.7 Å². The quantitative estimate of drug-likeness (QED) is 0.729. The Bertz CT molecular complexity index is 884. The molecule has 3 aromatic rings. The number of hydrogen-bond donors (Lipinski definition) is 1. The van der Waals surface area contributed by atoms with E-state index in [-0.39, 0.29) is 5.91 Å². The van der Waals surface area contributed by atoms with Gasteiger partial charge in [0.2, 0.25) is 5.91 Å². The lowest BCUT2D eigenvalue weighted by Gasteiger charge is -2.03. The number of benzene rings is 2. The minimum atomic E-state index is -0.215. The fourth-order valence-corrected chi connectivity index (χ4v) is 3.20. The van der Waals surface area contributed by atoms with Crippen LogP contribution in [0.3, 0.4) is 0 Å². The molecule has 116 valence electrons. The van der Waals surface area contributed by atoms with Crippen LogP contribution in [-0.4, -0.2) is 18.0 Å². The van der Waals surface area contributed by atoms with Crippen molar-refractivity contribution in [1.29, 1.82) is 0 Å². The fourth-order valence-electron chi connectivity index (χ4n) is 2.26. The number of aryl methyl sites for hydroxylation is 1. The van der Waals surface area contributed by atoms with Crippen molar-refractivity contribution in [3.8, 4) is 5.75 Å². The van der Waals surface area contributed by atoms with E-state index in [0.29, 0.717) is 5.13 Å². The summed E-state index contributed by atoms with van der Waals surface area (Å²) in [6.07, 6.45) is 3.21. The van der Waals surface area contributed by atoms with E-state index >= 15 is 0 Å². The van der Waals surface area contributed by atoms with Gasteiger partial charge in [0.25, 0.3) is 0 Å². The second-order valence-electron chi connectivity index (χ2n) is 5.01. The van der Waals surface area contributed by atoms with Crippen LogP contribution in [0.4, 0.5) is 5.13 Å². The first kappa shape index (κ1) is 15.2. The second-order valence-corrected chi connectivity index (χ2v) is 6.04. The lowest BCUT2D eigenvalue weighted by atomic mass is 10.2. The molecule has 0 spiro atoms. The predicted molar refractivity (Wildman–Crippen MR) is 95.0 cm³/mol. The molecule has 0 saturated carbocycles. The van der Waals surface area contributed by atoms with Crippen molar-refractivity contribution in [3.63, 3.8) is 0 Å². The number of thiazole rings is 1. The number of nitrogens with zero attached hydrogens (tertiary/aromatic N) is 1. The molecule has 0 saturated heterocycles. The topological polar surface area (TPSA) is 51.2 Å². The van der Waals surface area contributed by atoms with Gasteiger partial charge in [-0.1, -0.05) is 41.7 Å². The summed E-state index contributed by atoms with van der Waals surface area (Å²) in [5.74, 6) is 0.514. The Morgan fingerprint density at radius 1 is 1.22 bits per heavy atom. The zero-order chi connectivity index (χ0) is 16.2. The Kier molecular flexibility index (Phi) is 4.39. The van der Waals surface area contributed by atoms with Gasteiger partial charge in [-0.2, -0.15) is 0 Å². The molecule has 0 aliphatic rings. The summed E-state index contributed by atoms with van der Waals surface area (Å²) in [6.45, 7) is 2.01. The van der Waals surface area contributed by atoms with Gasteiger partial charge in [0.15, 0.2) is 5.13 Å². The minimum absolute atomic E-state index is 0.215. The number of anilines is 1. The molecule has 1 heterocycles. The molecule has 2 aromatic carbocycles. The average Bonchev–Trinajstić information content (AvgIpc) is 2.97. The van der Waals surface area contributed by atoms with Crippen LogP contribution >= 0.6 is 11.3 Å². The molecule has 0 unspecified atom stereocenters. The first-order chi connectivity index (χ1) is 11.2. The third-order valence-electron chi connectivity index (χ3n) is 3.40. The lowest BCUT2D eigenvalue weighted by molar-refractivity contribution is -0.111. The monoisotopic (exact) mass is 324 g/mol. The van der Waals surface area contributed by atoms with Crippen molar-refractivity contribution in [2.75, 3.05) is 12.4 Å². The lowest BCUT2D eigenvalue weighted by Crippen LogP contribution is -2.07. The van der Waals surface area contributed by atoms with E-state index in [2.05, 4.69) is 10.3 Å². The van der Waals surface area contributed by atoms with E-state index in [0.717, 1.165) is 27.1 Å². The van der Waals surface area contributed by atoms with E-state index < -0.39 is 0 Å². The van der Waals surface area contributed by atoms with Crippen LogP contribution in [0.5, 0.6) is 5.75 Å². The highest BCUT2D eigenvalue weighted by atomic mass is 32.1. The molecule has 1 N–H and O–H groups in total. The average molecular weight is 324 g/mol. The minimum Gasteiger partial charge on any atom is -0.496 e. The summed E-state index contributed by atoms with van der Waals surface area (Å²) in [6, 6.07) is 13.5. The molecule has 4 nitrogen and oxygen atoms in total. The Labute approximate surface area is 138 Å². The number of carbonyl (C=O) groups is 1. The van der Waals surface area contributed by atoms with Crippen LogP contribution in [-0.2, 0) is 4.79 Å². The molecule has 0 bridgehead atoms. The number of hydrogen-bond acceptors (Lipinski definition) is 4. The van der Waals surface area contributed by atoms with Crippen LogP contribution in [0.2, 0.25) is 0 Å². The molecule has 0 fully saturated rings. The van der Waals surface area contributed by atoms with Crippen LogP contribution < -0.4 is 10.1 Å². The van der Waals surface area contributed by atoms with E-state index in [4.69, 9.17) is 4.74 Å². The summed E-state index contributed by atoms with van der Waals surface area (Å²) in [5, 5.41) is 3.41. The predicted octanol–water partition coefficient (Wildman–Crippen LogP) is 4.27. The van der Waals surface area contributed by atoms with Crippen LogP contribution in [0, 0.1) is 6.92 Å². The Morgan fingerprint density at radius 3 is 2.83 bits per heavy atom. The molecule has 3 rings (SSSR count). The maximum absolute atomic E-state index is 12.1. The van der Waals surface area contributed by atoms with Crippen molar-refractivity contribution in [3.05, 3.63) is 59.7 Å². The number of carbonyl (C=O) groups excluding carboxylic acids is 1. The molecule has 0 aliphatic heterocycles. The SMILES string of the molecule is COc1ccccc1C=CC(=O)Nc1nc2c(C)cccc2s1. The van der Waals surface area contributed by atoms with Gasteiger partial charge in [0.05, 0.1) is 17.3 Å². The maximum atomic E-state index is 12.1. The first-order valence-electron chi connectivity index (χ1n) is 7.15. The number of aromatic nitrogens is 1. The van der Waals surface area contributed by atoms with Crippen LogP contribution in [0.1, 0.15) is 11.1 Å². The third kappa shape index (κ3) is 3.40. The highest BCUT2D eigenvalue weighted by Crippen LogP contribution is 2.27. The molecule has 5 heteroatoms. The Hall–Kier alpha value is -2.66.